The van der Waals surface area contributed by atoms with Gasteiger partial charge >= 0.3 is 0 Å². The van der Waals surface area contributed by atoms with Crippen LogP contribution in [0.25, 0.3) is 5.52 Å². The van der Waals surface area contributed by atoms with Gasteiger partial charge in [-0.1, -0.05) is 0 Å². The van der Waals surface area contributed by atoms with E-state index >= 15 is 0 Å². The summed E-state index contributed by atoms with van der Waals surface area (Å²) in [5, 5.41) is 14.4. The van der Waals surface area contributed by atoms with E-state index in [0.29, 0.717) is 0 Å². The summed E-state index contributed by atoms with van der Waals surface area (Å²) in [4.78, 5) is 3.92. The number of imidazole rings is 1. The Labute approximate surface area is 105 Å². The lowest BCUT2D eigenvalue weighted by Crippen LogP contribution is -2.07. The summed E-state index contributed by atoms with van der Waals surface area (Å²) in [6.07, 6.45) is 7.63. The Morgan fingerprint density at radius 3 is 3.00 bits per heavy atom. The first-order valence-corrected chi connectivity index (χ1v) is 5.84. The molecule has 1 atom stereocenters. The van der Waals surface area contributed by atoms with Crippen molar-refractivity contribution >= 4 is 21.4 Å². The molecule has 0 aliphatic heterocycles. The molecule has 0 saturated heterocycles. The fourth-order valence-corrected chi connectivity index (χ4v) is 2.35. The highest BCUT2D eigenvalue weighted by atomic mass is 79.9. The number of aliphatic hydroxyl groups is 1. The standard InChI is InChI=1S/C11H9BrN4O/c12-9-2-1-4-16-10(9)8(6-14-16)11(17)15-5-3-13-7-15/h1-7,11,17H. The van der Waals surface area contributed by atoms with E-state index in [1.807, 2.05) is 18.3 Å². The first kappa shape index (κ1) is 10.5. The maximum Gasteiger partial charge on any atom is 0.161 e. The summed E-state index contributed by atoms with van der Waals surface area (Å²) in [5.41, 5.74) is 1.59. The fraction of sp³-hybridized carbons (Fsp3) is 0.0909. The van der Waals surface area contributed by atoms with Crippen LogP contribution in [-0.2, 0) is 0 Å². The van der Waals surface area contributed by atoms with Gasteiger partial charge in [0.25, 0.3) is 0 Å². The molecular weight excluding hydrogens is 284 g/mol. The van der Waals surface area contributed by atoms with Crippen LogP contribution in [0.2, 0.25) is 0 Å². The summed E-state index contributed by atoms with van der Waals surface area (Å²) >= 11 is 3.46. The molecule has 5 nitrogen and oxygen atoms in total. The van der Waals surface area contributed by atoms with Gasteiger partial charge in [-0.2, -0.15) is 5.10 Å². The lowest BCUT2D eigenvalue weighted by atomic mass is 10.2. The fourth-order valence-electron chi connectivity index (χ4n) is 1.79. The molecule has 0 aliphatic rings. The number of nitrogens with zero attached hydrogens (tertiary/aromatic N) is 4. The molecule has 3 aromatic rings. The first-order chi connectivity index (χ1) is 8.27. The lowest BCUT2D eigenvalue weighted by molar-refractivity contribution is 0.147. The molecule has 0 radical (unpaired) electrons. The summed E-state index contributed by atoms with van der Waals surface area (Å²) < 4.78 is 4.24. The molecule has 0 spiro atoms. The molecule has 0 amide bonds. The zero-order chi connectivity index (χ0) is 11.8. The molecule has 0 saturated carbocycles. The summed E-state index contributed by atoms with van der Waals surface area (Å²) in [6, 6.07) is 3.80. The van der Waals surface area contributed by atoms with Crippen LogP contribution >= 0.6 is 15.9 Å². The number of rotatable bonds is 2. The SMILES string of the molecule is OC(c1cnn2cccc(Br)c12)n1ccnc1. The lowest BCUT2D eigenvalue weighted by Gasteiger charge is -2.10. The minimum Gasteiger partial charge on any atom is -0.369 e. The van der Waals surface area contributed by atoms with Crippen molar-refractivity contribution in [3.63, 3.8) is 0 Å². The quantitative estimate of drug-likeness (QED) is 0.784. The summed E-state index contributed by atoms with van der Waals surface area (Å²) in [6.45, 7) is 0. The minimum absolute atomic E-state index is 0.732. The monoisotopic (exact) mass is 292 g/mol. The van der Waals surface area contributed by atoms with Gasteiger partial charge < -0.3 is 9.67 Å². The first-order valence-electron chi connectivity index (χ1n) is 5.04. The summed E-state index contributed by atoms with van der Waals surface area (Å²) in [7, 11) is 0. The van der Waals surface area contributed by atoms with Crippen LogP contribution in [0.15, 0.2) is 47.7 Å². The van der Waals surface area contributed by atoms with Crippen molar-refractivity contribution in [2.45, 2.75) is 6.23 Å². The number of halogens is 1. The van der Waals surface area contributed by atoms with E-state index in [4.69, 9.17) is 0 Å². The third-order valence-electron chi connectivity index (χ3n) is 2.61. The Balaban J connectivity index is 2.18. The molecule has 0 fully saturated rings. The van der Waals surface area contributed by atoms with E-state index < -0.39 is 6.23 Å². The number of fused-ring (bicyclic) bond motifs is 1. The maximum absolute atomic E-state index is 10.2. The Hall–Kier alpha value is -1.66. The van der Waals surface area contributed by atoms with E-state index in [-0.39, 0.29) is 0 Å². The third kappa shape index (κ3) is 1.65. The zero-order valence-corrected chi connectivity index (χ0v) is 10.3. The van der Waals surface area contributed by atoms with Gasteiger partial charge in [0, 0.05) is 28.6 Å². The van der Waals surface area contributed by atoms with Crippen LogP contribution < -0.4 is 0 Å². The highest BCUT2D eigenvalue weighted by Gasteiger charge is 2.16. The highest BCUT2D eigenvalue weighted by Crippen LogP contribution is 2.26. The molecule has 86 valence electrons. The second kappa shape index (κ2) is 3.97. The van der Waals surface area contributed by atoms with Gasteiger partial charge in [-0.05, 0) is 28.1 Å². The van der Waals surface area contributed by atoms with Crippen molar-refractivity contribution in [1.29, 1.82) is 0 Å². The predicted molar refractivity (Wildman–Crippen MR) is 65.5 cm³/mol. The van der Waals surface area contributed by atoms with E-state index in [9.17, 15) is 5.11 Å². The van der Waals surface area contributed by atoms with E-state index in [1.165, 1.54) is 0 Å². The van der Waals surface area contributed by atoms with Crippen LogP contribution in [0.5, 0.6) is 0 Å². The van der Waals surface area contributed by atoms with E-state index in [2.05, 4.69) is 26.0 Å². The second-order valence-corrected chi connectivity index (χ2v) is 4.49. The van der Waals surface area contributed by atoms with Crippen molar-refractivity contribution < 1.29 is 5.11 Å². The van der Waals surface area contributed by atoms with Gasteiger partial charge in [-0.3, -0.25) is 0 Å². The predicted octanol–water partition coefficient (Wildman–Crippen LogP) is 1.83. The molecule has 6 heteroatoms. The smallest absolute Gasteiger partial charge is 0.161 e. The van der Waals surface area contributed by atoms with E-state index in [0.717, 1.165) is 15.6 Å². The number of hydrogen-bond acceptors (Lipinski definition) is 3. The average molecular weight is 293 g/mol. The maximum atomic E-state index is 10.2. The minimum atomic E-state index is -0.784. The Kier molecular flexibility index (Phi) is 2.45. The molecule has 3 heterocycles. The second-order valence-electron chi connectivity index (χ2n) is 3.63. The molecule has 0 aromatic carbocycles. The molecular formula is C11H9BrN4O. The largest absolute Gasteiger partial charge is 0.369 e. The van der Waals surface area contributed by atoms with Gasteiger partial charge in [-0.15, -0.1) is 0 Å². The number of aromatic nitrogens is 4. The summed E-state index contributed by atoms with van der Waals surface area (Å²) in [5.74, 6) is 0. The van der Waals surface area contributed by atoms with Crippen molar-refractivity contribution in [1.82, 2.24) is 19.2 Å². The van der Waals surface area contributed by atoms with Gasteiger partial charge in [0.1, 0.15) is 0 Å². The van der Waals surface area contributed by atoms with Gasteiger partial charge in [-0.25, -0.2) is 9.50 Å². The van der Waals surface area contributed by atoms with Crippen LogP contribution in [0.3, 0.4) is 0 Å². The molecule has 3 rings (SSSR count). The topological polar surface area (TPSA) is 55.4 Å². The average Bonchev–Trinajstić information content (AvgIpc) is 2.98. The van der Waals surface area contributed by atoms with Crippen molar-refractivity contribution in [2.75, 3.05) is 0 Å². The van der Waals surface area contributed by atoms with Crippen molar-refractivity contribution in [3.8, 4) is 0 Å². The normalized spacial score (nSPS) is 13.1. The highest BCUT2D eigenvalue weighted by molar-refractivity contribution is 9.10. The van der Waals surface area contributed by atoms with Crippen LogP contribution in [-0.4, -0.2) is 24.3 Å². The molecule has 3 aromatic heterocycles. The Morgan fingerprint density at radius 1 is 1.35 bits per heavy atom. The number of hydrogen-bond donors (Lipinski definition) is 1. The zero-order valence-electron chi connectivity index (χ0n) is 8.73. The van der Waals surface area contributed by atoms with Crippen LogP contribution in [0.1, 0.15) is 11.8 Å². The van der Waals surface area contributed by atoms with Crippen LogP contribution in [0, 0.1) is 0 Å². The number of pyridine rings is 1. The van der Waals surface area contributed by atoms with Crippen LogP contribution in [0.4, 0.5) is 0 Å². The van der Waals surface area contributed by atoms with Gasteiger partial charge in [0.05, 0.1) is 18.0 Å². The van der Waals surface area contributed by atoms with Gasteiger partial charge in [0.2, 0.25) is 0 Å². The molecule has 1 unspecified atom stereocenters. The molecule has 0 bridgehead atoms. The molecule has 0 aliphatic carbocycles. The van der Waals surface area contributed by atoms with Crippen molar-refractivity contribution in [3.05, 3.63) is 53.3 Å². The number of aliphatic hydroxyl groups excluding tert-OH is 1. The Bertz CT molecular complexity index is 647. The molecule has 1 N–H and O–H groups in total. The third-order valence-corrected chi connectivity index (χ3v) is 3.25. The van der Waals surface area contributed by atoms with E-state index in [1.54, 1.807) is 34.0 Å². The molecule has 17 heavy (non-hydrogen) atoms. The van der Waals surface area contributed by atoms with Gasteiger partial charge in [0.15, 0.2) is 6.23 Å². The Morgan fingerprint density at radius 2 is 2.24 bits per heavy atom. The van der Waals surface area contributed by atoms with Crippen molar-refractivity contribution in [2.24, 2.45) is 0 Å².